The molecule has 3 rings (SSSR count). The normalized spacial score (nSPS) is 12.3. The Hall–Kier alpha value is -2.31. The lowest BCUT2D eigenvalue weighted by molar-refractivity contribution is 0.0810. The molecule has 6 heteroatoms. The Morgan fingerprint density at radius 2 is 2.22 bits per heavy atom. The molecule has 0 bridgehead atoms. The summed E-state index contributed by atoms with van der Waals surface area (Å²) in [6.07, 6.45) is -0.177. The molecule has 0 radical (unpaired) electrons. The van der Waals surface area contributed by atoms with Crippen molar-refractivity contribution in [2.75, 3.05) is 20.8 Å². The van der Waals surface area contributed by atoms with E-state index < -0.39 is 0 Å². The van der Waals surface area contributed by atoms with Gasteiger partial charge in [0.2, 0.25) is 0 Å². The second-order valence-electron chi connectivity index (χ2n) is 4.98. The third-order valence-electron chi connectivity index (χ3n) is 3.60. The number of carbonyl (C=O) groups is 1. The Kier molecular flexibility index (Phi) is 4.64. The van der Waals surface area contributed by atoms with Crippen molar-refractivity contribution in [2.45, 2.75) is 6.10 Å². The molecule has 0 aliphatic heterocycles. The molecule has 2 heterocycles. The molecule has 120 valence electrons. The van der Waals surface area contributed by atoms with Crippen LogP contribution >= 0.6 is 11.3 Å². The zero-order valence-corrected chi connectivity index (χ0v) is 13.7. The van der Waals surface area contributed by atoms with Gasteiger partial charge in [-0.15, -0.1) is 0 Å². The van der Waals surface area contributed by atoms with Crippen molar-refractivity contribution in [1.82, 2.24) is 5.32 Å². The summed E-state index contributed by atoms with van der Waals surface area (Å²) >= 11 is 1.60. The predicted molar refractivity (Wildman–Crippen MR) is 89.2 cm³/mol. The van der Waals surface area contributed by atoms with Crippen LogP contribution in [-0.4, -0.2) is 26.7 Å². The van der Waals surface area contributed by atoms with Crippen molar-refractivity contribution >= 4 is 28.2 Å². The van der Waals surface area contributed by atoms with Gasteiger partial charge in [-0.25, -0.2) is 0 Å². The quantitative estimate of drug-likeness (QED) is 0.749. The molecule has 1 atom stereocenters. The highest BCUT2D eigenvalue weighted by Gasteiger charge is 2.17. The van der Waals surface area contributed by atoms with Gasteiger partial charge in [0.15, 0.2) is 17.1 Å². The van der Waals surface area contributed by atoms with Gasteiger partial charge in [-0.2, -0.15) is 11.3 Å². The first-order valence-electron chi connectivity index (χ1n) is 7.12. The van der Waals surface area contributed by atoms with Crippen LogP contribution in [0, 0.1) is 0 Å². The SMILES string of the molecule is COc1cccc2cc(C(=O)NC[C@H](OC)c3ccsc3)oc12. The number of hydrogen-bond acceptors (Lipinski definition) is 5. The first-order valence-corrected chi connectivity index (χ1v) is 8.07. The number of hydrogen-bond donors (Lipinski definition) is 1. The number of methoxy groups -OCH3 is 2. The van der Waals surface area contributed by atoms with Crippen molar-refractivity contribution in [2.24, 2.45) is 0 Å². The van der Waals surface area contributed by atoms with Crippen LogP contribution in [0.25, 0.3) is 11.0 Å². The maximum atomic E-state index is 12.3. The van der Waals surface area contributed by atoms with Crippen molar-refractivity contribution in [1.29, 1.82) is 0 Å². The summed E-state index contributed by atoms with van der Waals surface area (Å²) in [6.45, 7) is 0.375. The van der Waals surface area contributed by atoms with Gasteiger partial charge >= 0.3 is 0 Å². The van der Waals surface area contributed by atoms with Crippen LogP contribution in [0.1, 0.15) is 22.2 Å². The Bertz CT molecular complexity index is 794. The monoisotopic (exact) mass is 331 g/mol. The molecule has 2 aromatic heterocycles. The maximum Gasteiger partial charge on any atom is 0.287 e. The lowest BCUT2D eigenvalue weighted by Gasteiger charge is -2.14. The van der Waals surface area contributed by atoms with Gasteiger partial charge in [-0.1, -0.05) is 12.1 Å². The summed E-state index contributed by atoms with van der Waals surface area (Å²) in [5, 5.41) is 7.66. The maximum absolute atomic E-state index is 12.3. The predicted octanol–water partition coefficient (Wildman–Crippen LogP) is 3.62. The third kappa shape index (κ3) is 3.23. The van der Waals surface area contributed by atoms with E-state index >= 15 is 0 Å². The van der Waals surface area contributed by atoms with Gasteiger partial charge < -0.3 is 19.2 Å². The molecule has 0 unspecified atom stereocenters. The van der Waals surface area contributed by atoms with Crippen molar-refractivity contribution < 1.29 is 18.7 Å². The van der Waals surface area contributed by atoms with Crippen LogP contribution < -0.4 is 10.1 Å². The highest BCUT2D eigenvalue weighted by atomic mass is 32.1. The number of carbonyl (C=O) groups excluding carboxylic acids is 1. The van der Waals surface area contributed by atoms with E-state index in [1.807, 2.05) is 29.0 Å². The highest BCUT2D eigenvalue weighted by Crippen LogP contribution is 2.28. The minimum Gasteiger partial charge on any atom is -0.493 e. The average Bonchev–Trinajstić information content (AvgIpc) is 3.24. The molecular formula is C17H17NO4S. The summed E-state index contributed by atoms with van der Waals surface area (Å²) in [4.78, 5) is 12.3. The molecule has 1 N–H and O–H groups in total. The van der Waals surface area contributed by atoms with E-state index in [0.717, 1.165) is 10.9 Å². The third-order valence-corrected chi connectivity index (χ3v) is 4.30. The number of ether oxygens (including phenoxy) is 2. The first-order chi connectivity index (χ1) is 11.2. The van der Waals surface area contributed by atoms with Gasteiger partial charge in [0.05, 0.1) is 7.11 Å². The van der Waals surface area contributed by atoms with Crippen LogP contribution in [0.2, 0.25) is 0 Å². The van der Waals surface area contributed by atoms with E-state index in [1.165, 1.54) is 0 Å². The van der Waals surface area contributed by atoms with E-state index in [9.17, 15) is 4.79 Å². The lowest BCUT2D eigenvalue weighted by atomic mass is 10.2. The van der Waals surface area contributed by atoms with Gasteiger partial charge in [0.1, 0.15) is 6.10 Å². The van der Waals surface area contributed by atoms with Crippen LogP contribution in [0.4, 0.5) is 0 Å². The van der Waals surface area contributed by atoms with Crippen molar-refractivity contribution in [3.63, 3.8) is 0 Å². The fraction of sp³-hybridized carbons (Fsp3) is 0.235. The van der Waals surface area contributed by atoms with Gasteiger partial charge in [-0.3, -0.25) is 4.79 Å². The minimum absolute atomic E-state index is 0.177. The van der Waals surface area contributed by atoms with Gasteiger partial charge in [0.25, 0.3) is 5.91 Å². The molecule has 0 spiro atoms. The molecule has 3 aromatic rings. The molecule has 0 aliphatic carbocycles. The molecule has 0 aliphatic rings. The Labute approximate surface area is 137 Å². The topological polar surface area (TPSA) is 60.7 Å². The van der Waals surface area contributed by atoms with Gasteiger partial charge in [-0.05, 0) is 34.5 Å². The van der Waals surface area contributed by atoms with Crippen LogP contribution in [0.3, 0.4) is 0 Å². The Morgan fingerprint density at radius 3 is 2.91 bits per heavy atom. The van der Waals surface area contributed by atoms with Crippen molar-refractivity contribution in [3.05, 3.63) is 52.4 Å². The minimum atomic E-state index is -0.277. The molecule has 1 amide bonds. The largest absolute Gasteiger partial charge is 0.493 e. The number of thiophene rings is 1. The van der Waals surface area contributed by atoms with E-state index in [-0.39, 0.29) is 17.8 Å². The van der Waals surface area contributed by atoms with Gasteiger partial charge in [0, 0.05) is 19.0 Å². The van der Waals surface area contributed by atoms with Crippen LogP contribution in [0.15, 0.2) is 45.5 Å². The number of para-hydroxylation sites is 1. The number of amides is 1. The fourth-order valence-electron chi connectivity index (χ4n) is 2.38. The molecule has 1 aromatic carbocycles. The zero-order valence-electron chi connectivity index (χ0n) is 12.9. The van der Waals surface area contributed by atoms with E-state index in [4.69, 9.17) is 13.9 Å². The standard InChI is InChI=1S/C17H17NO4S/c1-20-13-5-3-4-11-8-14(22-16(11)13)17(19)18-9-15(21-2)12-6-7-23-10-12/h3-8,10,15H,9H2,1-2H3,(H,18,19)/t15-/m0/s1. The highest BCUT2D eigenvalue weighted by molar-refractivity contribution is 7.07. The van der Waals surface area contributed by atoms with E-state index in [2.05, 4.69) is 5.32 Å². The van der Waals surface area contributed by atoms with E-state index in [1.54, 1.807) is 37.7 Å². The molecule has 0 fully saturated rings. The lowest BCUT2D eigenvalue weighted by Crippen LogP contribution is -2.28. The zero-order chi connectivity index (χ0) is 16.2. The Morgan fingerprint density at radius 1 is 1.35 bits per heavy atom. The summed E-state index contributed by atoms with van der Waals surface area (Å²) in [5.41, 5.74) is 1.62. The summed E-state index contributed by atoms with van der Waals surface area (Å²) in [6, 6.07) is 9.22. The molecule has 0 saturated carbocycles. The average molecular weight is 331 g/mol. The molecular weight excluding hydrogens is 314 g/mol. The van der Waals surface area contributed by atoms with Crippen LogP contribution in [-0.2, 0) is 4.74 Å². The first kappa shape index (κ1) is 15.6. The number of rotatable bonds is 6. The van der Waals surface area contributed by atoms with Crippen molar-refractivity contribution in [3.8, 4) is 5.75 Å². The summed E-state index contributed by atoms with van der Waals surface area (Å²) in [7, 11) is 3.20. The second-order valence-corrected chi connectivity index (χ2v) is 5.76. The van der Waals surface area contributed by atoms with Crippen LogP contribution in [0.5, 0.6) is 5.75 Å². The molecule has 5 nitrogen and oxygen atoms in total. The fourth-order valence-corrected chi connectivity index (χ4v) is 3.08. The number of furan rings is 1. The summed E-state index contributed by atoms with van der Waals surface area (Å²) in [5.74, 6) is 0.583. The number of fused-ring (bicyclic) bond motifs is 1. The number of nitrogens with one attached hydrogen (secondary N) is 1. The second kappa shape index (κ2) is 6.85. The summed E-state index contributed by atoms with van der Waals surface area (Å²) < 4.78 is 16.3. The molecule has 0 saturated heterocycles. The Balaban J connectivity index is 1.73. The smallest absolute Gasteiger partial charge is 0.287 e. The molecule has 23 heavy (non-hydrogen) atoms. The number of benzene rings is 1. The van der Waals surface area contributed by atoms with E-state index in [0.29, 0.717) is 17.9 Å².